The van der Waals surface area contributed by atoms with Crippen LogP contribution in [0.5, 0.6) is 0 Å². The lowest BCUT2D eigenvalue weighted by Crippen LogP contribution is -2.32. The molecule has 0 unspecified atom stereocenters. The third kappa shape index (κ3) is 3.58. The summed E-state index contributed by atoms with van der Waals surface area (Å²) in [5.74, 6) is 0.778. The molecule has 5 rings (SSSR count). The second-order valence-electron chi connectivity index (χ2n) is 7.22. The molecule has 0 amide bonds. The van der Waals surface area contributed by atoms with Crippen molar-refractivity contribution in [2.75, 3.05) is 6.54 Å². The zero-order chi connectivity index (χ0) is 20.6. The number of hydrogen-bond acceptors (Lipinski definition) is 6. The van der Waals surface area contributed by atoms with Crippen molar-refractivity contribution in [3.05, 3.63) is 89.3 Å². The van der Waals surface area contributed by atoms with Crippen molar-refractivity contribution in [2.45, 2.75) is 24.4 Å². The number of benzene rings is 1. The Morgan fingerprint density at radius 1 is 1.03 bits per heavy atom. The van der Waals surface area contributed by atoms with Crippen molar-refractivity contribution in [3.8, 4) is 10.7 Å². The Morgan fingerprint density at radius 2 is 1.90 bits per heavy atom. The predicted octanol–water partition coefficient (Wildman–Crippen LogP) is 3.80. The SMILES string of the molecule is O=S(=O)(c1ccccc1)n1cccc1CN1CCc2nc(-c3cccs3)ncc2C1. The number of fused-ring (bicyclic) bond motifs is 1. The Kier molecular flexibility index (Phi) is 4.98. The first-order valence-electron chi connectivity index (χ1n) is 9.69. The molecule has 30 heavy (non-hydrogen) atoms. The van der Waals surface area contributed by atoms with Gasteiger partial charge in [-0.3, -0.25) is 4.90 Å². The summed E-state index contributed by atoms with van der Waals surface area (Å²) in [5.41, 5.74) is 2.93. The molecule has 0 fully saturated rings. The second-order valence-corrected chi connectivity index (χ2v) is 9.98. The fraction of sp³-hybridized carbons (Fsp3) is 0.182. The van der Waals surface area contributed by atoms with Crippen molar-refractivity contribution in [2.24, 2.45) is 0 Å². The van der Waals surface area contributed by atoms with Gasteiger partial charge in [0.2, 0.25) is 0 Å². The van der Waals surface area contributed by atoms with Gasteiger partial charge in [-0.15, -0.1) is 11.3 Å². The van der Waals surface area contributed by atoms with Gasteiger partial charge in [-0.1, -0.05) is 24.3 Å². The van der Waals surface area contributed by atoms with E-state index in [0.717, 1.165) is 40.6 Å². The molecule has 0 saturated heterocycles. The fourth-order valence-electron chi connectivity index (χ4n) is 3.73. The van der Waals surface area contributed by atoms with Crippen LogP contribution in [0.3, 0.4) is 0 Å². The zero-order valence-corrected chi connectivity index (χ0v) is 17.8. The first-order valence-corrected chi connectivity index (χ1v) is 12.0. The summed E-state index contributed by atoms with van der Waals surface area (Å²) in [4.78, 5) is 12.9. The van der Waals surface area contributed by atoms with Gasteiger partial charge in [0.15, 0.2) is 5.82 Å². The molecule has 3 aromatic heterocycles. The predicted molar refractivity (Wildman–Crippen MR) is 117 cm³/mol. The Balaban J connectivity index is 1.36. The van der Waals surface area contributed by atoms with Gasteiger partial charge in [0.1, 0.15) is 0 Å². The highest BCUT2D eigenvalue weighted by Gasteiger charge is 2.23. The summed E-state index contributed by atoms with van der Waals surface area (Å²) in [5, 5.41) is 2.03. The molecular formula is C22H20N4O2S2. The molecule has 1 aromatic carbocycles. The van der Waals surface area contributed by atoms with Crippen molar-refractivity contribution >= 4 is 21.4 Å². The van der Waals surface area contributed by atoms with E-state index in [1.54, 1.807) is 47.9 Å². The van der Waals surface area contributed by atoms with Crippen LogP contribution in [0.4, 0.5) is 0 Å². The van der Waals surface area contributed by atoms with Crippen LogP contribution in [0.1, 0.15) is 17.0 Å². The minimum absolute atomic E-state index is 0.293. The third-order valence-electron chi connectivity index (χ3n) is 5.23. The Morgan fingerprint density at radius 3 is 2.70 bits per heavy atom. The fourth-order valence-corrected chi connectivity index (χ4v) is 5.78. The molecular weight excluding hydrogens is 416 g/mol. The van der Waals surface area contributed by atoms with Crippen molar-refractivity contribution in [3.63, 3.8) is 0 Å². The van der Waals surface area contributed by atoms with Crippen LogP contribution < -0.4 is 0 Å². The van der Waals surface area contributed by atoms with E-state index in [4.69, 9.17) is 4.98 Å². The van der Waals surface area contributed by atoms with Crippen LogP contribution in [-0.2, 0) is 29.5 Å². The molecule has 0 saturated carbocycles. The van der Waals surface area contributed by atoms with Crippen LogP contribution in [0.25, 0.3) is 10.7 Å². The highest BCUT2D eigenvalue weighted by Crippen LogP contribution is 2.25. The topological polar surface area (TPSA) is 68.1 Å². The first kappa shape index (κ1) is 19.2. The monoisotopic (exact) mass is 436 g/mol. The van der Waals surface area contributed by atoms with Crippen molar-refractivity contribution < 1.29 is 8.42 Å². The number of aromatic nitrogens is 3. The Hall–Kier alpha value is -2.81. The molecule has 4 heterocycles. The minimum Gasteiger partial charge on any atom is -0.293 e. The lowest BCUT2D eigenvalue weighted by atomic mass is 10.1. The lowest BCUT2D eigenvalue weighted by Gasteiger charge is -2.28. The van der Waals surface area contributed by atoms with E-state index in [1.807, 2.05) is 35.8 Å². The standard InChI is InChI=1S/C22H20N4O2S2/c27-30(28,19-7-2-1-3-8-19)26-11-4-6-18(26)16-25-12-10-20-17(15-25)14-23-22(24-20)21-9-5-13-29-21/h1-9,11,13-14H,10,12,15-16H2. The summed E-state index contributed by atoms with van der Waals surface area (Å²) in [7, 11) is -3.60. The molecule has 0 N–H and O–H groups in total. The maximum Gasteiger partial charge on any atom is 0.267 e. The highest BCUT2D eigenvalue weighted by atomic mass is 32.2. The summed E-state index contributed by atoms with van der Waals surface area (Å²) in [6.45, 7) is 2.08. The van der Waals surface area contributed by atoms with Gasteiger partial charge in [0.25, 0.3) is 10.0 Å². The summed E-state index contributed by atoms with van der Waals surface area (Å²) < 4.78 is 27.4. The van der Waals surface area contributed by atoms with E-state index in [9.17, 15) is 8.42 Å². The Labute approximate surface area is 179 Å². The van der Waals surface area contributed by atoms with Crippen molar-refractivity contribution in [1.82, 2.24) is 18.8 Å². The van der Waals surface area contributed by atoms with Crippen LogP contribution in [-0.4, -0.2) is 33.8 Å². The number of thiophene rings is 1. The van der Waals surface area contributed by atoms with E-state index in [0.29, 0.717) is 18.0 Å². The average Bonchev–Trinajstić information content (AvgIpc) is 3.47. The van der Waals surface area contributed by atoms with E-state index in [-0.39, 0.29) is 0 Å². The van der Waals surface area contributed by atoms with Crippen molar-refractivity contribution in [1.29, 1.82) is 0 Å². The Bertz CT molecular complexity index is 1270. The molecule has 0 radical (unpaired) electrons. The molecule has 0 bridgehead atoms. The largest absolute Gasteiger partial charge is 0.293 e. The number of hydrogen-bond donors (Lipinski definition) is 0. The quantitative estimate of drug-likeness (QED) is 0.476. The maximum atomic E-state index is 13.0. The maximum absolute atomic E-state index is 13.0. The normalized spacial score (nSPS) is 14.5. The average molecular weight is 437 g/mol. The van der Waals surface area contributed by atoms with Gasteiger partial charge in [-0.05, 0) is 35.7 Å². The van der Waals surface area contributed by atoms with Crippen LogP contribution in [0.15, 0.2) is 77.3 Å². The van der Waals surface area contributed by atoms with Crippen LogP contribution >= 0.6 is 11.3 Å². The third-order valence-corrected chi connectivity index (χ3v) is 7.84. The van der Waals surface area contributed by atoms with E-state index in [1.165, 1.54) is 3.97 Å². The van der Waals surface area contributed by atoms with Gasteiger partial charge in [-0.2, -0.15) is 0 Å². The molecule has 8 heteroatoms. The van der Waals surface area contributed by atoms with E-state index in [2.05, 4.69) is 9.88 Å². The molecule has 6 nitrogen and oxygen atoms in total. The first-order chi connectivity index (χ1) is 14.6. The lowest BCUT2D eigenvalue weighted by molar-refractivity contribution is 0.239. The molecule has 1 aliphatic rings. The smallest absolute Gasteiger partial charge is 0.267 e. The number of rotatable bonds is 5. The van der Waals surface area contributed by atoms with E-state index >= 15 is 0 Å². The second kappa shape index (κ2) is 7.79. The van der Waals surface area contributed by atoms with Gasteiger partial charge >= 0.3 is 0 Å². The van der Waals surface area contributed by atoms with Gasteiger partial charge < -0.3 is 0 Å². The summed E-state index contributed by atoms with van der Waals surface area (Å²) in [6.07, 6.45) is 4.34. The van der Waals surface area contributed by atoms with Crippen LogP contribution in [0.2, 0.25) is 0 Å². The summed E-state index contributed by atoms with van der Waals surface area (Å²) >= 11 is 1.64. The molecule has 0 aliphatic carbocycles. The molecule has 0 atom stereocenters. The van der Waals surface area contributed by atoms with E-state index < -0.39 is 10.0 Å². The summed E-state index contributed by atoms with van der Waals surface area (Å²) in [6, 6.07) is 16.2. The molecule has 1 aliphatic heterocycles. The molecule has 4 aromatic rings. The van der Waals surface area contributed by atoms with Gasteiger partial charge in [0.05, 0.1) is 15.5 Å². The number of nitrogens with zero attached hydrogens (tertiary/aromatic N) is 4. The zero-order valence-electron chi connectivity index (χ0n) is 16.2. The molecule has 152 valence electrons. The van der Waals surface area contributed by atoms with Crippen LogP contribution in [0, 0.1) is 0 Å². The minimum atomic E-state index is -3.60. The van der Waals surface area contributed by atoms with Gasteiger partial charge in [0, 0.05) is 49.7 Å². The molecule has 0 spiro atoms. The highest BCUT2D eigenvalue weighted by molar-refractivity contribution is 7.90. The van der Waals surface area contributed by atoms with Gasteiger partial charge in [-0.25, -0.2) is 22.4 Å².